The molecule has 1 atom stereocenters. The number of anilines is 2. The summed E-state index contributed by atoms with van der Waals surface area (Å²) >= 11 is 0. The Labute approximate surface area is 206 Å². The minimum absolute atomic E-state index is 0.104. The van der Waals surface area contributed by atoms with Gasteiger partial charge in [0.25, 0.3) is 0 Å². The highest BCUT2D eigenvalue weighted by Crippen LogP contribution is 2.36. The van der Waals surface area contributed by atoms with Gasteiger partial charge in [0, 0.05) is 13.1 Å². The van der Waals surface area contributed by atoms with Gasteiger partial charge in [0.2, 0.25) is 0 Å². The number of urea groups is 1. The lowest BCUT2D eigenvalue weighted by Gasteiger charge is -2.39. The first-order chi connectivity index (χ1) is 16.8. The summed E-state index contributed by atoms with van der Waals surface area (Å²) in [6.07, 6.45) is 1.88. The average Bonchev–Trinajstić information content (AvgIpc) is 3.30. The molecule has 2 amide bonds. The first kappa shape index (κ1) is 23.6. The number of aliphatic imine (C=N–C) groups is 1. The van der Waals surface area contributed by atoms with E-state index in [4.69, 9.17) is 24.2 Å². The Morgan fingerprint density at radius 2 is 1.89 bits per heavy atom. The number of carbonyl (C=O) groups is 1. The quantitative estimate of drug-likeness (QED) is 0.633. The molecule has 3 aliphatic rings. The molecule has 186 valence electrons. The molecule has 1 aromatic carbocycles. The number of nitrogens with zero attached hydrogens (tertiary/aromatic N) is 5. The van der Waals surface area contributed by atoms with Gasteiger partial charge in [0.1, 0.15) is 11.4 Å². The number of fused-ring (bicyclic) bond motifs is 3. The molecule has 3 aliphatic heterocycles. The van der Waals surface area contributed by atoms with E-state index >= 15 is 0 Å². The maximum atomic E-state index is 13.9. The van der Waals surface area contributed by atoms with E-state index in [0.29, 0.717) is 38.7 Å². The lowest BCUT2D eigenvalue weighted by Crippen LogP contribution is -2.55. The van der Waals surface area contributed by atoms with Crippen molar-refractivity contribution in [2.45, 2.75) is 39.0 Å². The van der Waals surface area contributed by atoms with Gasteiger partial charge in [0.15, 0.2) is 5.84 Å². The van der Waals surface area contributed by atoms with Crippen LogP contribution < -0.4 is 14.5 Å². The van der Waals surface area contributed by atoms with E-state index in [9.17, 15) is 4.79 Å². The third-order valence-corrected chi connectivity index (χ3v) is 6.42. The summed E-state index contributed by atoms with van der Waals surface area (Å²) in [4.78, 5) is 29.3. The molecule has 1 unspecified atom stereocenters. The first-order valence-corrected chi connectivity index (χ1v) is 12.1. The molecule has 9 nitrogen and oxygen atoms in total. The number of ether oxygens (including phenoxy) is 3. The summed E-state index contributed by atoms with van der Waals surface area (Å²) < 4.78 is 16.8. The minimum atomic E-state index is -0.298. The third-order valence-electron chi connectivity index (χ3n) is 6.42. The van der Waals surface area contributed by atoms with Crippen molar-refractivity contribution in [1.82, 2.24) is 9.88 Å². The largest absolute Gasteiger partial charge is 0.497 e. The number of morpholine rings is 1. The monoisotopic (exact) mass is 479 g/mol. The van der Waals surface area contributed by atoms with Crippen LogP contribution in [0.4, 0.5) is 16.2 Å². The predicted octanol–water partition coefficient (Wildman–Crippen LogP) is 3.31. The highest BCUT2D eigenvalue weighted by molar-refractivity contribution is 6.19. The number of carbonyl (C=O) groups excluding carboxylic acids is 1. The summed E-state index contributed by atoms with van der Waals surface area (Å²) in [6, 6.07) is 9.59. The predicted molar refractivity (Wildman–Crippen MR) is 135 cm³/mol. The Morgan fingerprint density at radius 3 is 2.57 bits per heavy atom. The molecule has 0 radical (unpaired) electrons. The second-order valence-corrected chi connectivity index (χ2v) is 9.99. The number of hydrogen-bond donors (Lipinski definition) is 0. The van der Waals surface area contributed by atoms with Gasteiger partial charge < -0.3 is 19.1 Å². The van der Waals surface area contributed by atoms with E-state index in [0.717, 1.165) is 41.5 Å². The molecule has 0 saturated carbocycles. The number of aromatic nitrogens is 1. The van der Waals surface area contributed by atoms with E-state index in [1.807, 2.05) is 56.1 Å². The number of rotatable bonds is 6. The van der Waals surface area contributed by atoms with Gasteiger partial charge in [-0.3, -0.25) is 14.8 Å². The SMILES string of the molecule is COc1ccc(CN2C(=O)N3C(=NCC3COC(C)(C)C)c3ncc(N4CCOCC4)cc32)cc1. The van der Waals surface area contributed by atoms with Crippen LogP contribution >= 0.6 is 0 Å². The molecule has 9 heteroatoms. The average molecular weight is 480 g/mol. The Hall–Kier alpha value is -3.17. The van der Waals surface area contributed by atoms with Crippen molar-refractivity contribution in [2.75, 3.05) is 56.4 Å². The van der Waals surface area contributed by atoms with Crippen LogP contribution in [0.1, 0.15) is 32.0 Å². The van der Waals surface area contributed by atoms with Crippen molar-refractivity contribution in [3.63, 3.8) is 0 Å². The molecule has 1 fully saturated rings. The molecule has 0 bridgehead atoms. The third kappa shape index (κ3) is 4.83. The number of benzene rings is 1. The van der Waals surface area contributed by atoms with Crippen molar-refractivity contribution >= 4 is 23.2 Å². The van der Waals surface area contributed by atoms with Crippen LogP contribution in [0.15, 0.2) is 41.5 Å². The maximum absolute atomic E-state index is 13.9. The summed E-state index contributed by atoms with van der Waals surface area (Å²) in [5.41, 5.74) is 3.20. The summed E-state index contributed by atoms with van der Waals surface area (Å²) in [7, 11) is 1.65. The van der Waals surface area contributed by atoms with Crippen molar-refractivity contribution in [2.24, 2.45) is 4.99 Å². The van der Waals surface area contributed by atoms with Crippen molar-refractivity contribution < 1.29 is 19.0 Å². The van der Waals surface area contributed by atoms with Crippen LogP contribution in [0.25, 0.3) is 0 Å². The van der Waals surface area contributed by atoms with Crippen LogP contribution in [-0.2, 0) is 16.0 Å². The molecule has 35 heavy (non-hydrogen) atoms. The fraction of sp³-hybridized carbons (Fsp3) is 0.500. The number of pyridine rings is 1. The van der Waals surface area contributed by atoms with E-state index < -0.39 is 0 Å². The van der Waals surface area contributed by atoms with E-state index in [2.05, 4.69) is 11.0 Å². The number of amidine groups is 1. The van der Waals surface area contributed by atoms with E-state index in [-0.39, 0.29) is 17.7 Å². The Bertz CT molecular complexity index is 1110. The number of amides is 2. The standard InChI is InChI=1S/C26H33N5O4/c1-26(2,3)35-17-20-15-28-24-23-22(13-19(14-27-23)29-9-11-34-12-10-29)30(25(32)31(20)24)16-18-5-7-21(33-4)8-6-18/h5-8,13-14,20H,9-12,15-17H2,1-4H3. The second-order valence-electron chi connectivity index (χ2n) is 9.99. The molecule has 5 rings (SSSR count). The van der Waals surface area contributed by atoms with Crippen LogP contribution in [0.2, 0.25) is 0 Å². The van der Waals surface area contributed by atoms with Crippen molar-refractivity contribution in [3.8, 4) is 5.75 Å². The Morgan fingerprint density at radius 1 is 1.14 bits per heavy atom. The zero-order chi connectivity index (χ0) is 24.6. The van der Waals surface area contributed by atoms with Gasteiger partial charge >= 0.3 is 6.03 Å². The molecule has 2 aromatic rings. The van der Waals surface area contributed by atoms with Crippen LogP contribution in [-0.4, -0.2) is 80.0 Å². The van der Waals surface area contributed by atoms with Gasteiger partial charge in [-0.25, -0.2) is 9.78 Å². The lowest BCUT2D eigenvalue weighted by molar-refractivity contribution is -0.0187. The Balaban J connectivity index is 1.50. The Kier molecular flexibility index (Phi) is 6.37. The van der Waals surface area contributed by atoms with Gasteiger partial charge in [0.05, 0.1) is 69.2 Å². The molecule has 4 heterocycles. The van der Waals surface area contributed by atoms with Gasteiger partial charge in [-0.15, -0.1) is 0 Å². The fourth-order valence-electron chi connectivity index (χ4n) is 4.55. The van der Waals surface area contributed by atoms with Crippen LogP contribution in [0.3, 0.4) is 0 Å². The van der Waals surface area contributed by atoms with Gasteiger partial charge in [-0.05, 0) is 44.5 Å². The van der Waals surface area contributed by atoms with Gasteiger partial charge in [-0.2, -0.15) is 0 Å². The molecule has 0 spiro atoms. The highest BCUT2D eigenvalue weighted by Gasteiger charge is 2.44. The summed E-state index contributed by atoms with van der Waals surface area (Å²) in [5, 5.41) is 0. The summed E-state index contributed by atoms with van der Waals surface area (Å²) in [6.45, 7) is 10.3. The molecule has 0 aliphatic carbocycles. The zero-order valence-corrected chi connectivity index (χ0v) is 20.9. The number of hydrogen-bond acceptors (Lipinski definition) is 7. The molecule has 1 saturated heterocycles. The fourth-order valence-corrected chi connectivity index (χ4v) is 4.55. The topological polar surface area (TPSA) is 79.7 Å². The van der Waals surface area contributed by atoms with E-state index in [1.165, 1.54) is 0 Å². The molecule has 0 N–H and O–H groups in total. The zero-order valence-electron chi connectivity index (χ0n) is 20.9. The number of methoxy groups -OCH3 is 1. The molecular weight excluding hydrogens is 446 g/mol. The lowest BCUT2D eigenvalue weighted by atomic mass is 10.1. The van der Waals surface area contributed by atoms with Crippen molar-refractivity contribution in [3.05, 3.63) is 47.8 Å². The first-order valence-electron chi connectivity index (χ1n) is 12.1. The highest BCUT2D eigenvalue weighted by atomic mass is 16.5. The summed E-state index contributed by atoms with van der Waals surface area (Å²) in [5.74, 6) is 1.41. The maximum Gasteiger partial charge on any atom is 0.330 e. The van der Waals surface area contributed by atoms with E-state index in [1.54, 1.807) is 12.0 Å². The van der Waals surface area contributed by atoms with Crippen LogP contribution in [0, 0.1) is 0 Å². The molecular formula is C26H33N5O4. The normalized spacial score (nSPS) is 20.0. The van der Waals surface area contributed by atoms with Crippen molar-refractivity contribution in [1.29, 1.82) is 0 Å². The van der Waals surface area contributed by atoms with Crippen LogP contribution in [0.5, 0.6) is 5.75 Å². The smallest absolute Gasteiger partial charge is 0.330 e. The van der Waals surface area contributed by atoms with Gasteiger partial charge in [-0.1, -0.05) is 12.1 Å². The minimum Gasteiger partial charge on any atom is -0.497 e. The molecule has 1 aromatic heterocycles. The second kappa shape index (κ2) is 9.47.